The lowest BCUT2D eigenvalue weighted by Gasteiger charge is -2.24. The van der Waals surface area contributed by atoms with Crippen molar-refractivity contribution in [2.24, 2.45) is 0 Å². The van der Waals surface area contributed by atoms with E-state index in [1.54, 1.807) is 30.3 Å². The summed E-state index contributed by atoms with van der Waals surface area (Å²) < 4.78 is 24.1. The van der Waals surface area contributed by atoms with Crippen LogP contribution in [0.15, 0.2) is 78.9 Å². The number of hydrogen-bond donors (Lipinski definition) is 0. The zero-order valence-electron chi connectivity index (χ0n) is 18.2. The molecule has 0 spiro atoms. The smallest absolute Gasteiger partial charge is 0.397 e. The summed E-state index contributed by atoms with van der Waals surface area (Å²) in [6.45, 7) is 0.00324. The van der Waals surface area contributed by atoms with Crippen LogP contribution in [0.3, 0.4) is 0 Å². The van der Waals surface area contributed by atoms with Crippen LogP contribution in [0.2, 0.25) is 0 Å². The number of rotatable bonds is 9. The molecule has 6 nitrogen and oxygen atoms in total. The number of carbonyl (C=O) groups is 3. The van der Waals surface area contributed by atoms with E-state index in [1.165, 1.54) is 13.2 Å². The number of aryl methyl sites for hydroxylation is 1. The molecule has 0 saturated carbocycles. The van der Waals surface area contributed by atoms with E-state index in [0.29, 0.717) is 12.1 Å². The van der Waals surface area contributed by atoms with Crippen molar-refractivity contribution < 1.29 is 28.2 Å². The Kier molecular flexibility index (Phi) is 8.43. The number of esters is 1. The van der Waals surface area contributed by atoms with Crippen LogP contribution in [0.5, 0.6) is 0 Å². The molecule has 0 aliphatic rings. The highest BCUT2D eigenvalue weighted by Crippen LogP contribution is 2.31. The third kappa shape index (κ3) is 6.33. The van der Waals surface area contributed by atoms with Gasteiger partial charge in [0.05, 0.1) is 12.3 Å². The lowest BCUT2D eigenvalue weighted by molar-refractivity contribution is -0.154. The molecule has 0 N–H and O–H groups in total. The molecular weight excluding hydrogens is 425 g/mol. The number of ether oxygens (including phenoxy) is 2. The first-order valence-corrected chi connectivity index (χ1v) is 10.4. The fourth-order valence-electron chi connectivity index (χ4n) is 3.28. The minimum atomic E-state index is -1.14. The third-order valence-corrected chi connectivity index (χ3v) is 4.90. The number of carbonyl (C=O) groups excluding carboxylic acids is 3. The van der Waals surface area contributed by atoms with E-state index in [0.717, 1.165) is 22.6 Å². The molecule has 0 aliphatic heterocycles. The monoisotopic (exact) mass is 449 g/mol. The first-order chi connectivity index (χ1) is 16.0. The van der Waals surface area contributed by atoms with Gasteiger partial charge in [0, 0.05) is 24.8 Å². The number of hydrogen-bond acceptors (Lipinski definition) is 5. The maximum absolute atomic E-state index is 14.3. The Balaban J connectivity index is 1.96. The number of amides is 1. The lowest BCUT2D eigenvalue weighted by atomic mass is 10.00. The van der Waals surface area contributed by atoms with Crippen LogP contribution in [-0.4, -0.2) is 38.0 Å². The van der Waals surface area contributed by atoms with E-state index in [1.807, 2.05) is 30.3 Å². The molecule has 0 saturated heterocycles. The lowest BCUT2D eigenvalue weighted by Crippen LogP contribution is -2.35. The molecule has 0 unspecified atom stereocenters. The van der Waals surface area contributed by atoms with Gasteiger partial charge >= 0.3 is 11.9 Å². The molecule has 3 aromatic rings. The van der Waals surface area contributed by atoms with Gasteiger partial charge in [-0.25, -0.2) is 9.18 Å². The van der Waals surface area contributed by atoms with Crippen molar-refractivity contribution in [2.45, 2.75) is 12.8 Å². The van der Waals surface area contributed by atoms with Gasteiger partial charge in [-0.3, -0.25) is 14.5 Å². The zero-order chi connectivity index (χ0) is 23.6. The standard InChI is InChI=1S/C26H24FNO5/c1-32-16-17-33-26(31)25(30)28(21-10-6-3-7-11-21)23-18-20(27)13-14-22(23)24(29)15-12-19-8-4-2-5-9-19/h2-11,13-14,18H,12,15-17H2,1H3. The van der Waals surface area contributed by atoms with Gasteiger partial charge in [0.1, 0.15) is 12.4 Å². The molecule has 0 heterocycles. The molecule has 33 heavy (non-hydrogen) atoms. The number of ketones is 1. The summed E-state index contributed by atoms with van der Waals surface area (Å²) in [6.07, 6.45) is 0.632. The average molecular weight is 449 g/mol. The molecule has 170 valence electrons. The number of Topliss-reactive ketones (excluding diaryl/α,β-unsaturated/α-hetero) is 1. The average Bonchev–Trinajstić information content (AvgIpc) is 2.84. The molecule has 3 rings (SSSR count). The van der Waals surface area contributed by atoms with Crippen LogP contribution >= 0.6 is 0 Å². The minimum absolute atomic E-state index is 0.0204. The fraction of sp³-hybridized carbons (Fsp3) is 0.192. The number of para-hydroxylation sites is 1. The van der Waals surface area contributed by atoms with E-state index in [9.17, 15) is 18.8 Å². The van der Waals surface area contributed by atoms with Gasteiger partial charge in [-0.1, -0.05) is 48.5 Å². The Bertz CT molecular complexity index is 1100. The third-order valence-electron chi connectivity index (χ3n) is 4.90. The number of halogens is 1. The molecule has 0 atom stereocenters. The van der Waals surface area contributed by atoms with Gasteiger partial charge < -0.3 is 9.47 Å². The largest absolute Gasteiger partial charge is 0.456 e. The Morgan fingerprint density at radius 3 is 2.21 bits per heavy atom. The number of methoxy groups -OCH3 is 1. The molecule has 0 radical (unpaired) electrons. The molecule has 0 bridgehead atoms. The van der Waals surface area contributed by atoms with Gasteiger partial charge in [0.2, 0.25) is 0 Å². The van der Waals surface area contributed by atoms with Crippen molar-refractivity contribution in [3.63, 3.8) is 0 Å². The second-order valence-electron chi connectivity index (χ2n) is 7.18. The molecule has 0 fully saturated rings. The minimum Gasteiger partial charge on any atom is -0.456 e. The Labute approximate surface area is 191 Å². The van der Waals surface area contributed by atoms with E-state index in [2.05, 4.69) is 0 Å². The predicted octanol–water partition coefficient (Wildman–Crippen LogP) is 4.50. The maximum Gasteiger partial charge on any atom is 0.397 e. The second kappa shape index (κ2) is 11.7. The number of nitrogens with zero attached hydrogens (tertiary/aromatic N) is 1. The quantitative estimate of drug-likeness (QED) is 0.208. The number of anilines is 2. The van der Waals surface area contributed by atoms with E-state index in [-0.39, 0.29) is 36.7 Å². The van der Waals surface area contributed by atoms with Crippen LogP contribution < -0.4 is 4.90 Å². The zero-order valence-corrected chi connectivity index (χ0v) is 18.2. The SMILES string of the molecule is COCCOC(=O)C(=O)N(c1ccccc1)c1cc(F)ccc1C(=O)CCc1ccccc1. The van der Waals surface area contributed by atoms with Crippen molar-refractivity contribution >= 4 is 29.0 Å². The molecule has 3 aromatic carbocycles. The predicted molar refractivity (Wildman–Crippen MR) is 122 cm³/mol. The molecule has 7 heteroatoms. The molecule has 0 aliphatic carbocycles. The Morgan fingerprint density at radius 2 is 1.55 bits per heavy atom. The topological polar surface area (TPSA) is 72.9 Å². The van der Waals surface area contributed by atoms with E-state index < -0.39 is 17.7 Å². The van der Waals surface area contributed by atoms with E-state index >= 15 is 0 Å². The van der Waals surface area contributed by atoms with Gasteiger partial charge in [0.25, 0.3) is 0 Å². The van der Waals surface area contributed by atoms with Gasteiger partial charge in [-0.05, 0) is 42.3 Å². The van der Waals surface area contributed by atoms with Crippen molar-refractivity contribution in [3.05, 3.63) is 95.8 Å². The molecule has 0 aromatic heterocycles. The van der Waals surface area contributed by atoms with Gasteiger partial charge in [-0.15, -0.1) is 0 Å². The summed E-state index contributed by atoms with van der Waals surface area (Å²) in [5, 5.41) is 0. The Morgan fingerprint density at radius 1 is 0.879 bits per heavy atom. The first kappa shape index (κ1) is 23.8. The van der Waals surface area contributed by atoms with Crippen LogP contribution in [0.25, 0.3) is 0 Å². The Hall–Kier alpha value is -3.84. The highest BCUT2D eigenvalue weighted by atomic mass is 19.1. The van der Waals surface area contributed by atoms with Crippen molar-refractivity contribution in [1.29, 1.82) is 0 Å². The van der Waals surface area contributed by atoms with Crippen LogP contribution in [0.4, 0.5) is 15.8 Å². The summed E-state index contributed by atoms with van der Waals surface area (Å²) in [6, 6.07) is 21.3. The highest BCUT2D eigenvalue weighted by Gasteiger charge is 2.30. The van der Waals surface area contributed by atoms with Gasteiger partial charge in [-0.2, -0.15) is 0 Å². The highest BCUT2D eigenvalue weighted by molar-refractivity contribution is 6.40. The van der Waals surface area contributed by atoms with Crippen molar-refractivity contribution in [1.82, 2.24) is 0 Å². The molecule has 1 amide bonds. The summed E-state index contributed by atoms with van der Waals surface area (Å²) >= 11 is 0. The maximum atomic E-state index is 14.3. The summed E-state index contributed by atoms with van der Waals surface area (Å²) in [5.41, 5.74) is 1.39. The summed E-state index contributed by atoms with van der Waals surface area (Å²) in [5.74, 6) is -3.11. The van der Waals surface area contributed by atoms with Crippen molar-refractivity contribution in [2.75, 3.05) is 25.2 Å². The van der Waals surface area contributed by atoms with Crippen LogP contribution in [0, 0.1) is 5.82 Å². The fourth-order valence-corrected chi connectivity index (χ4v) is 3.28. The van der Waals surface area contributed by atoms with Crippen molar-refractivity contribution in [3.8, 4) is 0 Å². The molecular formula is C26H24FNO5. The van der Waals surface area contributed by atoms with E-state index in [4.69, 9.17) is 9.47 Å². The first-order valence-electron chi connectivity index (χ1n) is 10.4. The summed E-state index contributed by atoms with van der Waals surface area (Å²) in [4.78, 5) is 39.6. The number of benzene rings is 3. The normalized spacial score (nSPS) is 10.5. The second-order valence-corrected chi connectivity index (χ2v) is 7.18. The summed E-state index contributed by atoms with van der Waals surface area (Å²) in [7, 11) is 1.44. The van der Waals surface area contributed by atoms with Gasteiger partial charge in [0.15, 0.2) is 5.78 Å². The van der Waals surface area contributed by atoms with Crippen LogP contribution in [0.1, 0.15) is 22.3 Å². The van der Waals surface area contributed by atoms with Crippen LogP contribution in [-0.2, 0) is 25.5 Å².